The minimum Gasteiger partial charge on any atom is -0.506 e. The molecule has 0 saturated carbocycles. The molecule has 6 heteroatoms. The van der Waals surface area contributed by atoms with Crippen molar-refractivity contribution in [3.63, 3.8) is 0 Å². The number of aromatic hydroxyl groups is 1. The third-order valence-corrected chi connectivity index (χ3v) is 10.6. The summed E-state index contributed by atoms with van der Waals surface area (Å²) in [6.45, 7) is 25.7. The maximum Gasteiger partial charge on any atom is 4.00 e. The fraction of sp³-hybridized carbons (Fsp3) is 0.233. The second-order valence-corrected chi connectivity index (χ2v) is 16.6. The van der Waals surface area contributed by atoms with E-state index >= 15 is 0 Å². The number of nitrogens with zero attached hydrogens (tertiary/aromatic N) is 1. The maximum atomic E-state index is 13.1. The van der Waals surface area contributed by atoms with Crippen LogP contribution in [0.2, 0.25) is 0 Å². The smallest absolute Gasteiger partial charge is 0.506 e. The van der Waals surface area contributed by atoms with E-state index < -0.39 is 5.97 Å². The summed E-state index contributed by atoms with van der Waals surface area (Å²) in [5.41, 5.74) is 11.6. The van der Waals surface area contributed by atoms with Crippen LogP contribution in [-0.4, -0.2) is 31.3 Å². The van der Waals surface area contributed by atoms with Crippen molar-refractivity contribution in [3.05, 3.63) is 241 Å². The van der Waals surface area contributed by atoms with Crippen molar-refractivity contribution in [1.29, 1.82) is 0 Å². The molecule has 340 valence electrons. The zero-order valence-corrected chi connectivity index (χ0v) is 43.7. The maximum absolute atomic E-state index is 13.1. The Kier molecular flexibility index (Phi) is 23.6. The van der Waals surface area contributed by atoms with Gasteiger partial charge in [-0.15, -0.1) is 36.4 Å². The van der Waals surface area contributed by atoms with Gasteiger partial charge in [-0.1, -0.05) is 107 Å². The summed E-state index contributed by atoms with van der Waals surface area (Å²) in [5.74, 6) is 0.892. The summed E-state index contributed by atoms with van der Waals surface area (Å²) >= 11 is 0. The van der Waals surface area contributed by atoms with Gasteiger partial charge in [-0.2, -0.15) is 73.9 Å². The first-order valence-electron chi connectivity index (χ1n) is 22.5. The zero-order chi connectivity index (χ0) is 47.1. The molecule has 0 amide bonds. The molecule has 0 fully saturated rings. The van der Waals surface area contributed by atoms with Gasteiger partial charge in [-0.3, -0.25) is 0 Å². The molecule has 0 spiro atoms. The van der Waals surface area contributed by atoms with E-state index in [4.69, 9.17) is 9.47 Å². The third kappa shape index (κ3) is 17.7. The van der Waals surface area contributed by atoms with Crippen LogP contribution in [0.15, 0.2) is 170 Å². The number of phenols is 1. The largest absolute Gasteiger partial charge is 4.00 e. The number of benzene rings is 7. The van der Waals surface area contributed by atoms with E-state index in [1.165, 1.54) is 16.8 Å². The van der Waals surface area contributed by atoms with Crippen LogP contribution in [0.5, 0.6) is 11.5 Å². The van der Waals surface area contributed by atoms with Crippen LogP contribution in [-0.2, 0) is 43.6 Å². The normalized spacial score (nSPS) is 10.2. The predicted molar refractivity (Wildman–Crippen MR) is 274 cm³/mol. The van der Waals surface area contributed by atoms with Gasteiger partial charge >= 0.3 is 31.8 Å². The molecule has 5 nitrogen and oxygen atoms in total. The van der Waals surface area contributed by atoms with Gasteiger partial charge in [0.1, 0.15) is 23.7 Å². The van der Waals surface area contributed by atoms with Crippen molar-refractivity contribution in [2.24, 2.45) is 0 Å². The van der Waals surface area contributed by atoms with Gasteiger partial charge in [0, 0.05) is 30.4 Å². The molecule has 66 heavy (non-hydrogen) atoms. The van der Waals surface area contributed by atoms with E-state index in [1.54, 1.807) is 6.07 Å². The molecular formula is C60H68HfNO4+. The van der Waals surface area contributed by atoms with Crippen molar-refractivity contribution in [3.8, 4) is 22.6 Å². The molecule has 0 aromatic heterocycles. The number of carbonyl (C=O) groups is 1. The number of ether oxygens (including phenoxy) is 2. The number of rotatable bonds is 13. The number of hydrogen-bond donors (Lipinski definition) is 1. The Morgan fingerprint density at radius 3 is 1.55 bits per heavy atom. The van der Waals surface area contributed by atoms with Crippen LogP contribution < -0.4 is 9.64 Å². The quantitative estimate of drug-likeness (QED) is 0.0540. The molecule has 0 saturated heterocycles. The number of para-hydroxylation sites is 1. The Morgan fingerprint density at radius 1 is 0.621 bits per heavy atom. The minimum absolute atomic E-state index is 0. The molecule has 7 aromatic carbocycles. The summed E-state index contributed by atoms with van der Waals surface area (Å²) in [4.78, 5) is 15.4. The van der Waals surface area contributed by atoms with Gasteiger partial charge in [0.2, 0.25) is 0 Å². The molecule has 7 aromatic rings. The van der Waals surface area contributed by atoms with Crippen LogP contribution in [0, 0.1) is 27.7 Å². The summed E-state index contributed by atoms with van der Waals surface area (Å²) in [6, 6.07) is 55.4. The standard InChI is InChI=1S/C39H47NO4.3C7H7.Hf/c1-8-29-18-19-36(43-21-13-20-40(7)37-31(26(2)3)16-12-17-32(37)27(4)5)33(24-29)34-22-28(6)23-35(38(34)41)39(42)44-25-30-14-10-9-11-15-30;3*1-7-5-3-2-4-6-7;/h9-12,14-19,22-24,26-27,41H,8,13,20-21,25H2,1-7H3;3*2-6H,1H2;/q;3*-1;+4. The van der Waals surface area contributed by atoms with Crippen molar-refractivity contribution >= 4 is 11.7 Å². The van der Waals surface area contributed by atoms with Crippen LogP contribution in [0.3, 0.4) is 0 Å². The average molecular weight is 1050 g/mol. The van der Waals surface area contributed by atoms with Gasteiger partial charge in [0.05, 0.1) is 6.61 Å². The van der Waals surface area contributed by atoms with Gasteiger partial charge in [-0.05, 0) is 83.7 Å². The van der Waals surface area contributed by atoms with E-state index in [0.717, 1.165) is 58.3 Å². The molecule has 7 rings (SSSR count). The second kappa shape index (κ2) is 28.7. The summed E-state index contributed by atoms with van der Waals surface area (Å²) in [6.07, 6.45) is 1.66. The number of hydrogen-bond acceptors (Lipinski definition) is 5. The van der Waals surface area contributed by atoms with Gasteiger partial charge < -0.3 is 19.5 Å². The molecule has 0 bridgehead atoms. The Balaban J connectivity index is 0.000000424. The Bertz CT molecular complexity index is 2340. The number of aryl methyl sites for hydroxylation is 2. The third-order valence-electron chi connectivity index (χ3n) is 10.6. The fourth-order valence-corrected chi connectivity index (χ4v) is 7.06. The SMILES string of the molecule is CCc1ccc(OCCCN(C)c2c(C(C)C)cccc2C(C)C)c(-c2cc(C)cc(C(=O)OCc3ccccc3)c2O)c1.[CH2-]c1ccccc1.[CH2-]c1ccccc1.[CH2-]c1ccccc1.[Hf+4]. The number of carbonyl (C=O) groups excluding carboxylic acids is 1. The molecule has 0 aliphatic heterocycles. The van der Waals surface area contributed by atoms with Crippen molar-refractivity contribution in [1.82, 2.24) is 0 Å². The molecule has 0 unspecified atom stereocenters. The minimum atomic E-state index is -0.559. The van der Waals surface area contributed by atoms with Crippen molar-refractivity contribution in [2.75, 3.05) is 25.1 Å². The van der Waals surface area contributed by atoms with Crippen LogP contribution in [0.25, 0.3) is 11.1 Å². The average Bonchev–Trinajstić information content (AvgIpc) is 3.31. The Hall–Kier alpha value is -6.11. The summed E-state index contributed by atoms with van der Waals surface area (Å²) in [5, 5.41) is 11.4. The van der Waals surface area contributed by atoms with E-state index in [2.05, 4.69) is 91.6 Å². The van der Waals surface area contributed by atoms with E-state index in [9.17, 15) is 9.90 Å². The van der Waals surface area contributed by atoms with Crippen LogP contribution >= 0.6 is 0 Å². The second-order valence-electron chi connectivity index (χ2n) is 16.6. The first-order chi connectivity index (χ1) is 31.3. The van der Waals surface area contributed by atoms with Crippen molar-refractivity contribution in [2.45, 2.75) is 72.8 Å². The Labute approximate surface area is 415 Å². The summed E-state index contributed by atoms with van der Waals surface area (Å²) < 4.78 is 11.9. The van der Waals surface area contributed by atoms with E-state index in [-0.39, 0.29) is 43.8 Å². The summed E-state index contributed by atoms with van der Waals surface area (Å²) in [7, 11) is 2.16. The topological polar surface area (TPSA) is 59.0 Å². The first kappa shape index (κ1) is 54.2. The van der Waals surface area contributed by atoms with Gasteiger partial charge in [0.15, 0.2) is 0 Å². The van der Waals surface area contributed by atoms with Crippen LogP contribution in [0.4, 0.5) is 5.69 Å². The predicted octanol–water partition coefficient (Wildman–Crippen LogP) is 15.0. The van der Waals surface area contributed by atoms with E-state index in [1.807, 2.05) is 146 Å². The molecule has 1 N–H and O–H groups in total. The fourth-order valence-electron chi connectivity index (χ4n) is 7.06. The molecule has 0 atom stereocenters. The van der Waals surface area contributed by atoms with Crippen molar-refractivity contribution < 1.29 is 45.2 Å². The Morgan fingerprint density at radius 2 is 1.11 bits per heavy atom. The molecule has 0 aliphatic carbocycles. The van der Waals surface area contributed by atoms with Gasteiger partial charge in [0.25, 0.3) is 0 Å². The molecule has 0 radical (unpaired) electrons. The monoisotopic (exact) mass is 1050 g/mol. The molecular weight excluding hydrogens is 977 g/mol. The first-order valence-corrected chi connectivity index (χ1v) is 22.5. The zero-order valence-electron chi connectivity index (χ0n) is 40.1. The number of esters is 1. The van der Waals surface area contributed by atoms with E-state index in [0.29, 0.717) is 29.8 Å². The number of phenolic OH excluding ortho intramolecular Hbond substituents is 1. The molecule has 0 aliphatic rings. The number of anilines is 1. The van der Waals surface area contributed by atoms with Crippen LogP contribution in [0.1, 0.15) is 108 Å². The van der Waals surface area contributed by atoms with Gasteiger partial charge in [-0.25, -0.2) is 4.79 Å². The molecule has 0 heterocycles.